The molecule has 3 aromatic carbocycles. The Morgan fingerprint density at radius 3 is 1.26 bits per heavy atom. The van der Waals surface area contributed by atoms with Gasteiger partial charge in [0.2, 0.25) is 0 Å². The number of phenolic OH excluding ortho intramolecular Hbond substituents is 2. The van der Waals surface area contributed by atoms with Crippen LogP contribution < -0.4 is 0 Å². The van der Waals surface area contributed by atoms with Gasteiger partial charge < -0.3 is 10.2 Å². The zero-order chi connectivity index (χ0) is 16.7. The Balaban J connectivity index is 0.000000595. The molecule has 0 spiro atoms. The van der Waals surface area contributed by atoms with Crippen LogP contribution in [0.15, 0.2) is 72.8 Å². The first-order valence-corrected chi connectivity index (χ1v) is 7.83. The van der Waals surface area contributed by atoms with Gasteiger partial charge in [0, 0.05) is 0 Å². The van der Waals surface area contributed by atoms with E-state index in [9.17, 15) is 10.2 Å². The molecule has 0 atom stereocenters. The Labute approximate surface area is 137 Å². The lowest BCUT2D eigenvalue weighted by atomic mass is 9.99. The molecule has 2 N–H and O–H groups in total. The van der Waals surface area contributed by atoms with Gasteiger partial charge >= 0.3 is 0 Å². The Kier molecular flexibility index (Phi) is 5.81. The minimum Gasteiger partial charge on any atom is -0.508 e. The van der Waals surface area contributed by atoms with Crippen molar-refractivity contribution >= 4 is 0 Å². The second kappa shape index (κ2) is 8.04. The van der Waals surface area contributed by atoms with Crippen LogP contribution in [0.1, 0.15) is 20.3 Å². The Morgan fingerprint density at radius 2 is 0.913 bits per heavy atom. The first-order valence-electron chi connectivity index (χ1n) is 7.83. The summed E-state index contributed by atoms with van der Waals surface area (Å²) >= 11 is 0. The van der Waals surface area contributed by atoms with Crippen LogP contribution in [0.3, 0.4) is 0 Å². The minimum atomic E-state index is 0.267. The third kappa shape index (κ3) is 4.62. The van der Waals surface area contributed by atoms with Crippen molar-refractivity contribution in [1.82, 2.24) is 0 Å². The molecule has 0 radical (unpaired) electrons. The van der Waals surface area contributed by atoms with Crippen molar-refractivity contribution in [3.63, 3.8) is 0 Å². The van der Waals surface area contributed by atoms with Gasteiger partial charge in [-0.15, -0.1) is 0 Å². The standard InChI is InChI=1S/C18H14O2.C3H8/c19-17-8-4-13(5-9-17)15-2-1-3-16(12-15)14-6-10-18(20)11-7-14;1-3-2/h1-12,19-20H;3H2,1-2H3. The van der Waals surface area contributed by atoms with Gasteiger partial charge in [0.05, 0.1) is 0 Å². The first kappa shape index (κ1) is 16.6. The molecular formula is C21H22O2. The van der Waals surface area contributed by atoms with E-state index in [1.807, 2.05) is 42.5 Å². The van der Waals surface area contributed by atoms with Gasteiger partial charge in [-0.1, -0.05) is 62.7 Å². The van der Waals surface area contributed by atoms with E-state index in [1.165, 1.54) is 6.42 Å². The average molecular weight is 306 g/mol. The zero-order valence-corrected chi connectivity index (χ0v) is 13.5. The lowest BCUT2D eigenvalue weighted by molar-refractivity contribution is 0.475. The van der Waals surface area contributed by atoms with Crippen molar-refractivity contribution in [2.75, 3.05) is 0 Å². The molecule has 0 heterocycles. The third-order valence-electron chi connectivity index (χ3n) is 3.26. The monoisotopic (exact) mass is 306 g/mol. The van der Waals surface area contributed by atoms with Crippen LogP contribution in [0.25, 0.3) is 22.3 Å². The van der Waals surface area contributed by atoms with Crippen LogP contribution in [0.5, 0.6) is 11.5 Å². The van der Waals surface area contributed by atoms with Crippen molar-refractivity contribution in [2.24, 2.45) is 0 Å². The van der Waals surface area contributed by atoms with Gasteiger partial charge in [-0.3, -0.25) is 0 Å². The highest BCUT2D eigenvalue weighted by atomic mass is 16.3. The molecule has 0 fully saturated rings. The highest BCUT2D eigenvalue weighted by molar-refractivity contribution is 5.73. The number of phenols is 2. The fourth-order valence-electron chi connectivity index (χ4n) is 2.19. The molecule has 0 saturated heterocycles. The fourth-order valence-corrected chi connectivity index (χ4v) is 2.19. The maximum atomic E-state index is 9.34. The second-order valence-corrected chi connectivity index (χ2v) is 5.38. The van der Waals surface area contributed by atoms with Crippen LogP contribution >= 0.6 is 0 Å². The molecule has 0 aliphatic heterocycles. The molecular weight excluding hydrogens is 284 g/mol. The van der Waals surface area contributed by atoms with Crippen LogP contribution in [0.4, 0.5) is 0 Å². The molecule has 0 saturated carbocycles. The summed E-state index contributed by atoms with van der Waals surface area (Å²) in [5, 5.41) is 18.7. The van der Waals surface area contributed by atoms with E-state index in [0.717, 1.165) is 22.3 Å². The first-order chi connectivity index (χ1) is 11.1. The van der Waals surface area contributed by atoms with Crippen LogP contribution in [0.2, 0.25) is 0 Å². The highest BCUT2D eigenvalue weighted by Crippen LogP contribution is 2.28. The molecule has 3 rings (SSSR count). The molecule has 0 amide bonds. The molecule has 2 nitrogen and oxygen atoms in total. The third-order valence-corrected chi connectivity index (χ3v) is 3.26. The summed E-state index contributed by atoms with van der Waals surface area (Å²) in [6.45, 7) is 4.25. The van der Waals surface area contributed by atoms with Gasteiger partial charge in [0.25, 0.3) is 0 Å². The summed E-state index contributed by atoms with van der Waals surface area (Å²) in [4.78, 5) is 0. The maximum absolute atomic E-state index is 9.34. The van der Waals surface area contributed by atoms with Crippen molar-refractivity contribution in [1.29, 1.82) is 0 Å². The molecule has 23 heavy (non-hydrogen) atoms. The second-order valence-electron chi connectivity index (χ2n) is 5.38. The molecule has 0 aromatic heterocycles. The van der Waals surface area contributed by atoms with Gasteiger partial charge in [0.1, 0.15) is 11.5 Å². The summed E-state index contributed by atoms with van der Waals surface area (Å²) in [6, 6.07) is 22.5. The quantitative estimate of drug-likeness (QED) is 0.623. The SMILES string of the molecule is CCC.Oc1ccc(-c2cccc(-c3ccc(O)cc3)c2)cc1. The van der Waals surface area contributed by atoms with E-state index in [0.29, 0.717) is 0 Å². The molecule has 118 valence electrons. The lowest BCUT2D eigenvalue weighted by Crippen LogP contribution is -1.81. The van der Waals surface area contributed by atoms with E-state index in [4.69, 9.17) is 0 Å². The number of hydrogen-bond donors (Lipinski definition) is 2. The normalized spacial score (nSPS) is 9.83. The highest BCUT2D eigenvalue weighted by Gasteiger charge is 2.02. The minimum absolute atomic E-state index is 0.267. The maximum Gasteiger partial charge on any atom is 0.115 e. The fraction of sp³-hybridized carbons (Fsp3) is 0.143. The van der Waals surface area contributed by atoms with Crippen molar-refractivity contribution in [3.8, 4) is 33.8 Å². The zero-order valence-electron chi connectivity index (χ0n) is 13.5. The van der Waals surface area contributed by atoms with E-state index in [2.05, 4.69) is 19.9 Å². The molecule has 2 heteroatoms. The van der Waals surface area contributed by atoms with E-state index >= 15 is 0 Å². The van der Waals surface area contributed by atoms with Crippen LogP contribution in [-0.4, -0.2) is 10.2 Å². The number of aromatic hydroxyl groups is 2. The average Bonchev–Trinajstić information content (AvgIpc) is 2.57. The largest absolute Gasteiger partial charge is 0.508 e. The lowest BCUT2D eigenvalue weighted by Gasteiger charge is -2.06. The van der Waals surface area contributed by atoms with Crippen molar-refractivity contribution in [2.45, 2.75) is 20.3 Å². The van der Waals surface area contributed by atoms with Crippen molar-refractivity contribution in [3.05, 3.63) is 72.8 Å². The number of rotatable bonds is 2. The topological polar surface area (TPSA) is 40.5 Å². The van der Waals surface area contributed by atoms with Crippen LogP contribution in [-0.2, 0) is 0 Å². The van der Waals surface area contributed by atoms with Gasteiger partial charge in [-0.05, 0) is 52.6 Å². The summed E-state index contributed by atoms with van der Waals surface area (Å²) < 4.78 is 0. The smallest absolute Gasteiger partial charge is 0.115 e. The van der Waals surface area contributed by atoms with Crippen molar-refractivity contribution < 1.29 is 10.2 Å². The predicted molar refractivity (Wildman–Crippen MR) is 96.6 cm³/mol. The number of hydrogen-bond acceptors (Lipinski definition) is 2. The van der Waals surface area contributed by atoms with E-state index in [-0.39, 0.29) is 11.5 Å². The Bertz CT molecular complexity index is 668. The van der Waals surface area contributed by atoms with Crippen LogP contribution in [0, 0.1) is 0 Å². The summed E-state index contributed by atoms with van der Waals surface area (Å²) in [5.74, 6) is 0.534. The van der Waals surface area contributed by atoms with Gasteiger partial charge in [0.15, 0.2) is 0 Å². The summed E-state index contributed by atoms with van der Waals surface area (Å²) in [5.41, 5.74) is 4.30. The van der Waals surface area contributed by atoms with E-state index in [1.54, 1.807) is 24.3 Å². The van der Waals surface area contributed by atoms with Gasteiger partial charge in [-0.25, -0.2) is 0 Å². The molecule has 0 aliphatic carbocycles. The predicted octanol–water partition coefficient (Wildman–Crippen LogP) is 5.85. The van der Waals surface area contributed by atoms with E-state index < -0.39 is 0 Å². The molecule has 0 aliphatic rings. The summed E-state index contributed by atoms with van der Waals surface area (Å²) in [7, 11) is 0. The molecule has 0 unspecified atom stereocenters. The van der Waals surface area contributed by atoms with Gasteiger partial charge in [-0.2, -0.15) is 0 Å². The summed E-state index contributed by atoms with van der Waals surface area (Å²) in [6.07, 6.45) is 1.25. The Morgan fingerprint density at radius 1 is 0.565 bits per heavy atom. The molecule has 3 aromatic rings. The number of benzene rings is 3. The molecule has 0 bridgehead atoms. The Hall–Kier alpha value is -2.74.